The number of benzene rings is 2. The zero-order valence-electron chi connectivity index (χ0n) is 14.3. The molecule has 0 aliphatic carbocycles. The molecule has 128 valence electrons. The summed E-state index contributed by atoms with van der Waals surface area (Å²) >= 11 is 0. The van der Waals surface area contributed by atoms with Crippen LogP contribution in [0.5, 0.6) is 17.2 Å². The third-order valence-corrected chi connectivity index (χ3v) is 3.54. The van der Waals surface area contributed by atoms with Gasteiger partial charge in [-0.2, -0.15) is 0 Å². The molecule has 0 aromatic heterocycles. The Bertz CT molecular complexity index is 668. The Morgan fingerprint density at radius 2 is 1.71 bits per heavy atom. The van der Waals surface area contributed by atoms with Crippen LogP contribution in [-0.4, -0.2) is 26.7 Å². The average Bonchev–Trinajstić information content (AvgIpc) is 2.62. The van der Waals surface area contributed by atoms with Crippen LogP contribution in [0.15, 0.2) is 42.5 Å². The summed E-state index contributed by atoms with van der Waals surface area (Å²) in [5, 5.41) is 2.84. The van der Waals surface area contributed by atoms with E-state index in [0.29, 0.717) is 29.4 Å². The monoisotopic (exact) mass is 329 g/mol. The van der Waals surface area contributed by atoms with E-state index in [-0.39, 0.29) is 5.91 Å². The molecule has 2 aromatic carbocycles. The lowest BCUT2D eigenvalue weighted by Crippen LogP contribution is -2.12. The van der Waals surface area contributed by atoms with Gasteiger partial charge in [0.25, 0.3) is 5.91 Å². The molecule has 2 aromatic rings. The molecule has 0 fully saturated rings. The van der Waals surface area contributed by atoms with Gasteiger partial charge in [-0.3, -0.25) is 4.79 Å². The molecule has 0 aliphatic rings. The van der Waals surface area contributed by atoms with Gasteiger partial charge in [0, 0.05) is 11.6 Å². The Labute approximate surface area is 142 Å². The van der Waals surface area contributed by atoms with Crippen LogP contribution >= 0.6 is 0 Å². The van der Waals surface area contributed by atoms with Gasteiger partial charge >= 0.3 is 0 Å². The summed E-state index contributed by atoms with van der Waals surface area (Å²) in [6.45, 7) is 2.80. The SMILES string of the molecule is CCCCOc1ccc(C(=O)Nc2cc(OC)ccc2OC)cc1. The van der Waals surface area contributed by atoms with Crippen LogP contribution < -0.4 is 19.5 Å². The molecule has 0 heterocycles. The summed E-state index contributed by atoms with van der Waals surface area (Å²) < 4.78 is 16.0. The van der Waals surface area contributed by atoms with Crippen LogP contribution in [0.3, 0.4) is 0 Å². The van der Waals surface area contributed by atoms with Crippen LogP contribution in [0.25, 0.3) is 0 Å². The van der Waals surface area contributed by atoms with E-state index in [1.54, 1.807) is 56.7 Å². The lowest BCUT2D eigenvalue weighted by atomic mass is 10.2. The molecule has 5 nitrogen and oxygen atoms in total. The summed E-state index contributed by atoms with van der Waals surface area (Å²) in [6, 6.07) is 12.3. The first-order valence-corrected chi connectivity index (χ1v) is 7.94. The van der Waals surface area contributed by atoms with Crippen molar-refractivity contribution in [2.75, 3.05) is 26.1 Å². The van der Waals surface area contributed by atoms with E-state index in [2.05, 4.69) is 12.2 Å². The molecule has 0 spiro atoms. The Hall–Kier alpha value is -2.69. The minimum absolute atomic E-state index is 0.221. The lowest BCUT2D eigenvalue weighted by Gasteiger charge is -2.12. The van der Waals surface area contributed by atoms with Crippen molar-refractivity contribution >= 4 is 11.6 Å². The van der Waals surface area contributed by atoms with E-state index in [1.165, 1.54) is 0 Å². The summed E-state index contributed by atoms with van der Waals surface area (Å²) in [7, 11) is 3.13. The van der Waals surface area contributed by atoms with Gasteiger partial charge in [0.2, 0.25) is 0 Å². The van der Waals surface area contributed by atoms with E-state index in [4.69, 9.17) is 14.2 Å². The van der Waals surface area contributed by atoms with Gasteiger partial charge in [-0.25, -0.2) is 0 Å². The predicted molar refractivity (Wildman–Crippen MR) is 94.3 cm³/mol. The molecule has 0 saturated carbocycles. The normalized spacial score (nSPS) is 10.1. The van der Waals surface area contributed by atoms with Gasteiger partial charge in [-0.1, -0.05) is 13.3 Å². The molecule has 1 N–H and O–H groups in total. The molecular formula is C19H23NO4. The summed E-state index contributed by atoms with van der Waals surface area (Å²) in [6.07, 6.45) is 2.10. The second-order valence-electron chi connectivity index (χ2n) is 5.25. The molecule has 0 saturated heterocycles. The number of hydrogen-bond donors (Lipinski definition) is 1. The fourth-order valence-corrected chi connectivity index (χ4v) is 2.14. The number of methoxy groups -OCH3 is 2. The van der Waals surface area contributed by atoms with Gasteiger partial charge in [0.15, 0.2) is 0 Å². The first-order chi connectivity index (χ1) is 11.7. The fourth-order valence-electron chi connectivity index (χ4n) is 2.14. The van der Waals surface area contributed by atoms with E-state index >= 15 is 0 Å². The Morgan fingerprint density at radius 3 is 2.33 bits per heavy atom. The van der Waals surface area contributed by atoms with Crippen LogP contribution in [0.2, 0.25) is 0 Å². The van der Waals surface area contributed by atoms with E-state index in [1.807, 2.05) is 0 Å². The van der Waals surface area contributed by atoms with Gasteiger partial charge in [0.05, 0.1) is 26.5 Å². The average molecular weight is 329 g/mol. The number of carbonyl (C=O) groups is 1. The molecule has 0 atom stereocenters. The highest BCUT2D eigenvalue weighted by atomic mass is 16.5. The Kier molecular flexibility index (Phi) is 6.49. The third kappa shape index (κ3) is 4.65. The summed E-state index contributed by atoms with van der Waals surface area (Å²) in [5.41, 5.74) is 1.10. The highest BCUT2D eigenvalue weighted by molar-refractivity contribution is 6.05. The topological polar surface area (TPSA) is 56.8 Å². The minimum Gasteiger partial charge on any atom is -0.497 e. The van der Waals surface area contributed by atoms with E-state index in [9.17, 15) is 4.79 Å². The maximum atomic E-state index is 12.4. The second-order valence-corrected chi connectivity index (χ2v) is 5.25. The van der Waals surface area contributed by atoms with Crippen molar-refractivity contribution < 1.29 is 19.0 Å². The van der Waals surface area contributed by atoms with Gasteiger partial charge < -0.3 is 19.5 Å². The van der Waals surface area contributed by atoms with Crippen molar-refractivity contribution in [1.82, 2.24) is 0 Å². The predicted octanol–water partition coefficient (Wildman–Crippen LogP) is 4.14. The molecule has 0 aliphatic heterocycles. The number of carbonyl (C=O) groups excluding carboxylic acids is 1. The van der Waals surface area contributed by atoms with Gasteiger partial charge in [-0.15, -0.1) is 0 Å². The first-order valence-electron chi connectivity index (χ1n) is 7.94. The highest BCUT2D eigenvalue weighted by Gasteiger charge is 2.11. The molecule has 24 heavy (non-hydrogen) atoms. The van der Waals surface area contributed by atoms with E-state index < -0.39 is 0 Å². The molecule has 1 amide bonds. The van der Waals surface area contributed by atoms with Crippen molar-refractivity contribution in [3.05, 3.63) is 48.0 Å². The number of rotatable bonds is 8. The zero-order chi connectivity index (χ0) is 17.4. The second kappa shape index (κ2) is 8.82. The summed E-state index contributed by atoms with van der Waals surface area (Å²) in [5.74, 6) is 1.76. The fraction of sp³-hybridized carbons (Fsp3) is 0.316. The number of ether oxygens (including phenoxy) is 3. The van der Waals surface area contributed by atoms with Crippen LogP contribution in [-0.2, 0) is 0 Å². The molecule has 5 heteroatoms. The van der Waals surface area contributed by atoms with E-state index in [0.717, 1.165) is 18.6 Å². The Balaban J connectivity index is 2.06. The standard InChI is InChI=1S/C19H23NO4/c1-4-5-12-24-15-8-6-14(7-9-15)19(21)20-17-13-16(22-2)10-11-18(17)23-3/h6-11,13H,4-5,12H2,1-3H3,(H,20,21). The smallest absolute Gasteiger partial charge is 0.255 e. The van der Waals surface area contributed by atoms with Crippen LogP contribution in [0, 0.1) is 0 Å². The third-order valence-electron chi connectivity index (χ3n) is 3.54. The number of unbranched alkanes of at least 4 members (excludes halogenated alkanes) is 1. The molecule has 2 rings (SSSR count). The highest BCUT2D eigenvalue weighted by Crippen LogP contribution is 2.29. The maximum absolute atomic E-state index is 12.4. The van der Waals surface area contributed by atoms with Crippen LogP contribution in [0.4, 0.5) is 5.69 Å². The van der Waals surface area contributed by atoms with Crippen molar-refractivity contribution in [2.45, 2.75) is 19.8 Å². The number of nitrogens with one attached hydrogen (secondary N) is 1. The van der Waals surface area contributed by atoms with Crippen molar-refractivity contribution in [1.29, 1.82) is 0 Å². The number of amides is 1. The quantitative estimate of drug-likeness (QED) is 0.740. The zero-order valence-corrected chi connectivity index (χ0v) is 14.3. The van der Waals surface area contributed by atoms with Crippen molar-refractivity contribution in [3.63, 3.8) is 0 Å². The Morgan fingerprint density at radius 1 is 1.00 bits per heavy atom. The molecule has 0 unspecified atom stereocenters. The van der Waals surface area contributed by atoms with Crippen LogP contribution in [0.1, 0.15) is 30.1 Å². The first kappa shape index (κ1) is 17.7. The lowest BCUT2D eigenvalue weighted by molar-refractivity contribution is 0.102. The number of anilines is 1. The number of hydrogen-bond acceptors (Lipinski definition) is 4. The van der Waals surface area contributed by atoms with Crippen molar-refractivity contribution in [3.8, 4) is 17.2 Å². The summed E-state index contributed by atoms with van der Waals surface area (Å²) in [4.78, 5) is 12.4. The van der Waals surface area contributed by atoms with Crippen molar-refractivity contribution in [2.24, 2.45) is 0 Å². The molecule has 0 bridgehead atoms. The molecular weight excluding hydrogens is 306 g/mol. The largest absolute Gasteiger partial charge is 0.497 e. The molecule has 0 radical (unpaired) electrons. The van der Waals surface area contributed by atoms with Gasteiger partial charge in [0.1, 0.15) is 17.2 Å². The maximum Gasteiger partial charge on any atom is 0.255 e. The van der Waals surface area contributed by atoms with Gasteiger partial charge in [-0.05, 0) is 42.8 Å². The minimum atomic E-state index is -0.221.